The molecule has 2 heterocycles. The number of fused-ring (bicyclic) bond motifs is 1. The van der Waals surface area contributed by atoms with Gasteiger partial charge in [0.05, 0.1) is 13.0 Å². The van der Waals surface area contributed by atoms with Crippen LogP contribution in [0.2, 0.25) is 0 Å². The number of hydrogen-bond donors (Lipinski definition) is 3. The molecule has 0 bridgehead atoms. The Morgan fingerprint density at radius 1 is 1.42 bits per heavy atom. The van der Waals surface area contributed by atoms with Gasteiger partial charge in [0.15, 0.2) is 5.78 Å². The van der Waals surface area contributed by atoms with Crippen LogP contribution >= 0.6 is 0 Å². The first-order valence-electron chi connectivity index (χ1n) is 6.05. The molecular weight excluding hydrogens is 261 g/mol. The van der Waals surface area contributed by atoms with Crippen molar-refractivity contribution in [1.29, 1.82) is 0 Å². The topological polar surface area (TPSA) is 69.8 Å². The van der Waals surface area contributed by atoms with Gasteiger partial charge in [-0.2, -0.15) is 18.3 Å². The lowest BCUT2D eigenvalue weighted by Crippen LogP contribution is -2.29. The smallest absolute Gasteiger partial charge is 0.312 e. The highest BCUT2D eigenvalue weighted by atomic mass is 19.4. The minimum atomic E-state index is -4.20. The third-order valence-corrected chi connectivity index (χ3v) is 2.94. The third kappa shape index (κ3) is 3.77. The van der Waals surface area contributed by atoms with Crippen molar-refractivity contribution in [2.75, 3.05) is 19.6 Å². The summed E-state index contributed by atoms with van der Waals surface area (Å²) in [5.74, 6) is -0.289. The first kappa shape index (κ1) is 14.0. The fourth-order valence-electron chi connectivity index (χ4n) is 1.97. The van der Waals surface area contributed by atoms with E-state index in [0.717, 1.165) is 24.2 Å². The number of rotatable bonds is 5. The summed E-state index contributed by atoms with van der Waals surface area (Å²) in [4.78, 5) is 11.8. The van der Waals surface area contributed by atoms with E-state index >= 15 is 0 Å². The van der Waals surface area contributed by atoms with Gasteiger partial charge in [-0.05, 0) is 0 Å². The van der Waals surface area contributed by atoms with E-state index in [1.165, 1.54) is 0 Å². The van der Waals surface area contributed by atoms with Crippen LogP contribution in [-0.4, -0.2) is 41.8 Å². The summed E-state index contributed by atoms with van der Waals surface area (Å²) in [7, 11) is 0. The van der Waals surface area contributed by atoms with Crippen molar-refractivity contribution in [3.8, 4) is 0 Å². The highest BCUT2D eigenvalue weighted by Crippen LogP contribution is 2.18. The van der Waals surface area contributed by atoms with E-state index in [1.807, 2.05) is 0 Å². The second kappa shape index (κ2) is 5.70. The number of nitrogens with zero attached hydrogens (tertiary/aromatic N) is 1. The number of hydrogen-bond acceptors (Lipinski definition) is 4. The highest BCUT2D eigenvalue weighted by Gasteiger charge is 2.26. The monoisotopic (exact) mass is 276 g/mol. The van der Waals surface area contributed by atoms with Crippen LogP contribution in [-0.2, 0) is 13.0 Å². The molecule has 0 saturated carbocycles. The quantitative estimate of drug-likeness (QED) is 0.549. The Hall–Kier alpha value is -1.41. The number of H-pyrrole nitrogens is 1. The number of alkyl halides is 3. The van der Waals surface area contributed by atoms with Crippen molar-refractivity contribution in [3.63, 3.8) is 0 Å². The van der Waals surface area contributed by atoms with Gasteiger partial charge in [0.25, 0.3) is 0 Å². The molecule has 8 heteroatoms. The van der Waals surface area contributed by atoms with E-state index in [2.05, 4.69) is 20.8 Å². The number of aromatic nitrogens is 2. The standard InChI is InChI=1S/C11H15F3N4O/c12-11(13,14)2-4-16-6-9(19)10-7-5-15-3-1-8(7)17-18-10/h15-16H,1-6H2,(H,17,18). The molecule has 106 valence electrons. The molecule has 19 heavy (non-hydrogen) atoms. The fraction of sp³-hybridized carbons (Fsp3) is 0.636. The normalized spacial score (nSPS) is 15.3. The van der Waals surface area contributed by atoms with Crippen LogP contribution in [0, 0.1) is 0 Å². The molecule has 0 aliphatic carbocycles. The summed E-state index contributed by atoms with van der Waals surface area (Å²) in [6.45, 7) is 0.996. The summed E-state index contributed by atoms with van der Waals surface area (Å²) in [6, 6.07) is 0. The lowest BCUT2D eigenvalue weighted by molar-refractivity contribution is -0.133. The number of aromatic amines is 1. The molecule has 2 rings (SSSR count). The summed E-state index contributed by atoms with van der Waals surface area (Å²) in [6.07, 6.45) is -4.37. The van der Waals surface area contributed by atoms with Gasteiger partial charge in [-0.1, -0.05) is 0 Å². The molecule has 0 atom stereocenters. The molecule has 5 nitrogen and oxygen atoms in total. The molecule has 0 spiro atoms. The molecule has 1 aliphatic rings. The number of nitrogens with one attached hydrogen (secondary N) is 3. The van der Waals surface area contributed by atoms with Crippen LogP contribution in [0.4, 0.5) is 13.2 Å². The lowest BCUT2D eigenvalue weighted by Gasteiger charge is -2.12. The van der Waals surface area contributed by atoms with Gasteiger partial charge >= 0.3 is 6.18 Å². The molecular formula is C11H15F3N4O. The van der Waals surface area contributed by atoms with Gasteiger partial charge in [0, 0.05) is 37.3 Å². The van der Waals surface area contributed by atoms with Crippen LogP contribution in [0.5, 0.6) is 0 Å². The Balaban J connectivity index is 1.85. The lowest BCUT2D eigenvalue weighted by atomic mass is 10.1. The fourth-order valence-corrected chi connectivity index (χ4v) is 1.97. The van der Waals surface area contributed by atoms with Crippen molar-refractivity contribution >= 4 is 5.78 Å². The molecule has 1 aromatic heterocycles. The van der Waals surface area contributed by atoms with Gasteiger partial charge < -0.3 is 10.6 Å². The number of ketones is 1. The van der Waals surface area contributed by atoms with E-state index in [9.17, 15) is 18.0 Å². The van der Waals surface area contributed by atoms with E-state index in [4.69, 9.17) is 0 Å². The maximum atomic E-state index is 11.9. The summed E-state index contributed by atoms with van der Waals surface area (Å²) >= 11 is 0. The van der Waals surface area contributed by atoms with Crippen LogP contribution in [0.25, 0.3) is 0 Å². The second-order valence-corrected chi connectivity index (χ2v) is 4.42. The third-order valence-electron chi connectivity index (χ3n) is 2.94. The van der Waals surface area contributed by atoms with Crippen LogP contribution < -0.4 is 10.6 Å². The largest absolute Gasteiger partial charge is 0.390 e. The summed E-state index contributed by atoms with van der Waals surface area (Å²) < 4.78 is 35.8. The van der Waals surface area contributed by atoms with E-state index < -0.39 is 12.6 Å². The minimum absolute atomic E-state index is 0.132. The SMILES string of the molecule is O=C(CNCCC(F)(F)F)c1n[nH]c2c1CNCC2. The molecule has 0 aromatic carbocycles. The van der Waals surface area contributed by atoms with Crippen LogP contribution in [0.1, 0.15) is 28.2 Å². The van der Waals surface area contributed by atoms with Gasteiger partial charge in [0.2, 0.25) is 0 Å². The van der Waals surface area contributed by atoms with E-state index in [0.29, 0.717) is 12.2 Å². The zero-order valence-corrected chi connectivity index (χ0v) is 10.2. The van der Waals surface area contributed by atoms with Crippen LogP contribution in [0.3, 0.4) is 0 Å². The van der Waals surface area contributed by atoms with E-state index in [-0.39, 0.29) is 18.9 Å². The van der Waals surface area contributed by atoms with Crippen molar-refractivity contribution in [1.82, 2.24) is 20.8 Å². The Morgan fingerprint density at radius 2 is 2.21 bits per heavy atom. The Morgan fingerprint density at radius 3 is 2.95 bits per heavy atom. The highest BCUT2D eigenvalue weighted by molar-refractivity contribution is 5.97. The van der Waals surface area contributed by atoms with E-state index in [1.54, 1.807) is 0 Å². The predicted molar refractivity (Wildman–Crippen MR) is 61.9 cm³/mol. The molecule has 0 fully saturated rings. The molecule has 0 unspecified atom stereocenters. The number of Topliss-reactive ketones (excluding diaryl/α,β-unsaturated/α-hetero) is 1. The predicted octanol–water partition coefficient (Wildman–Crippen LogP) is 0.780. The molecule has 1 aromatic rings. The Kier molecular flexibility index (Phi) is 4.20. The maximum absolute atomic E-state index is 11.9. The van der Waals surface area contributed by atoms with Gasteiger partial charge in [-0.15, -0.1) is 0 Å². The van der Waals surface area contributed by atoms with Crippen molar-refractivity contribution in [2.45, 2.75) is 25.6 Å². The average Bonchev–Trinajstić information content (AvgIpc) is 2.77. The molecule has 1 aliphatic heterocycles. The number of carbonyl (C=O) groups is 1. The molecule has 0 saturated heterocycles. The summed E-state index contributed by atoms with van der Waals surface area (Å²) in [5.41, 5.74) is 2.08. The zero-order valence-electron chi connectivity index (χ0n) is 10.2. The van der Waals surface area contributed by atoms with Gasteiger partial charge in [0.1, 0.15) is 5.69 Å². The Bertz CT molecular complexity index is 455. The van der Waals surface area contributed by atoms with Crippen molar-refractivity contribution in [2.24, 2.45) is 0 Å². The van der Waals surface area contributed by atoms with Crippen molar-refractivity contribution < 1.29 is 18.0 Å². The van der Waals surface area contributed by atoms with Gasteiger partial charge in [-0.25, -0.2) is 0 Å². The molecule has 3 N–H and O–H groups in total. The zero-order chi connectivity index (χ0) is 13.9. The van der Waals surface area contributed by atoms with Crippen LogP contribution in [0.15, 0.2) is 0 Å². The van der Waals surface area contributed by atoms with Crippen molar-refractivity contribution in [3.05, 3.63) is 17.0 Å². The first-order valence-corrected chi connectivity index (χ1v) is 6.05. The minimum Gasteiger partial charge on any atom is -0.312 e. The maximum Gasteiger partial charge on any atom is 0.390 e. The number of carbonyl (C=O) groups excluding carboxylic acids is 1. The molecule has 0 radical (unpaired) electrons. The van der Waals surface area contributed by atoms with Gasteiger partial charge in [-0.3, -0.25) is 9.89 Å². The average molecular weight is 276 g/mol. The first-order chi connectivity index (χ1) is 8.97. The second-order valence-electron chi connectivity index (χ2n) is 4.42. The molecule has 0 amide bonds. The number of halogens is 3. The Labute approximate surface area is 108 Å². The summed E-state index contributed by atoms with van der Waals surface area (Å²) in [5, 5.41) is 12.4.